The first-order valence-corrected chi connectivity index (χ1v) is 7.36. The fourth-order valence-corrected chi connectivity index (χ4v) is 3.01. The number of hydrogen-bond donors (Lipinski definition) is 0. The summed E-state index contributed by atoms with van der Waals surface area (Å²) in [5.41, 5.74) is 2.43. The van der Waals surface area contributed by atoms with Crippen LogP contribution in [0.5, 0.6) is 0 Å². The molecule has 1 aliphatic heterocycles. The molecule has 1 aliphatic rings. The Labute approximate surface area is 119 Å². The third kappa shape index (κ3) is 3.25. The van der Waals surface area contributed by atoms with Crippen molar-refractivity contribution >= 4 is 0 Å². The minimum absolute atomic E-state index is 0.667. The van der Waals surface area contributed by atoms with Crippen molar-refractivity contribution in [3.63, 3.8) is 0 Å². The Hall–Kier alpha value is -1.68. The summed E-state index contributed by atoms with van der Waals surface area (Å²) in [6.07, 6.45) is 8.67. The standard InChI is InChI=1S/C16H21N3O/c1-13-11-15(18-20-13)12-19-10-2-3-16(19)5-4-14-6-8-17-9-7-14/h6-9,11,16H,2-5,10,12H2,1H3/t16-/m0/s1. The molecule has 0 aliphatic carbocycles. The highest BCUT2D eigenvalue weighted by molar-refractivity contribution is 5.10. The lowest BCUT2D eigenvalue weighted by molar-refractivity contribution is 0.227. The Balaban J connectivity index is 1.55. The van der Waals surface area contributed by atoms with Crippen molar-refractivity contribution < 1.29 is 4.52 Å². The summed E-state index contributed by atoms with van der Waals surface area (Å²) in [6, 6.07) is 6.93. The molecule has 1 atom stereocenters. The Morgan fingerprint density at radius 3 is 2.95 bits per heavy atom. The Bertz CT molecular complexity index is 538. The van der Waals surface area contributed by atoms with Crippen LogP contribution in [0.15, 0.2) is 35.1 Å². The molecule has 0 aromatic carbocycles. The van der Waals surface area contributed by atoms with Crippen molar-refractivity contribution in [2.45, 2.75) is 45.2 Å². The van der Waals surface area contributed by atoms with Crippen LogP contribution in [0.1, 0.15) is 36.3 Å². The number of likely N-dealkylation sites (tertiary alicyclic amines) is 1. The minimum atomic E-state index is 0.667. The molecule has 106 valence electrons. The van der Waals surface area contributed by atoms with E-state index in [1.165, 1.54) is 31.4 Å². The van der Waals surface area contributed by atoms with Crippen molar-refractivity contribution in [3.05, 3.63) is 47.6 Å². The molecule has 3 heterocycles. The molecular weight excluding hydrogens is 250 g/mol. The van der Waals surface area contributed by atoms with Gasteiger partial charge in [0.05, 0.1) is 5.69 Å². The van der Waals surface area contributed by atoms with E-state index in [0.717, 1.165) is 24.4 Å². The number of pyridine rings is 1. The SMILES string of the molecule is Cc1cc(CN2CCC[C@H]2CCc2ccncc2)no1. The van der Waals surface area contributed by atoms with Crippen LogP contribution in [0.4, 0.5) is 0 Å². The van der Waals surface area contributed by atoms with Gasteiger partial charge in [0.2, 0.25) is 0 Å². The Morgan fingerprint density at radius 2 is 2.20 bits per heavy atom. The van der Waals surface area contributed by atoms with Crippen LogP contribution >= 0.6 is 0 Å². The highest BCUT2D eigenvalue weighted by Crippen LogP contribution is 2.23. The number of rotatable bonds is 5. The average molecular weight is 271 g/mol. The van der Waals surface area contributed by atoms with Gasteiger partial charge < -0.3 is 4.52 Å². The molecule has 1 fully saturated rings. The van der Waals surface area contributed by atoms with Crippen LogP contribution in [0.3, 0.4) is 0 Å². The van der Waals surface area contributed by atoms with Gasteiger partial charge in [-0.3, -0.25) is 9.88 Å². The van der Waals surface area contributed by atoms with Crippen molar-refractivity contribution in [2.24, 2.45) is 0 Å². The quantitative estimate of drug-likeness (QED) is 0.838. The Morgan fingerprint density at radius 1 is 1.35 bits per heavy atom. The van der Waals surface area contributed by atoms with Crippen molar-refractivity contribution in [2.75, 3.05) is 6.54 Å². The summed E-state index contributed by atoms with van der Waals surface area (Å²) >= 11 is 0. The second-order valence-electron chi connectivity index (χ2n) is 5.59. The topological polar surface area (TPSA) is 42.2 Å². The van der Waals surface area contributed by atoms with Gasteiger partial charge in [0, 0.05) is 31.0 Å². The molecule has 3 rings (SSSR count). The highest BCUT2D eigenvalue weighted by atomic mass is 16.5. The maximum Gasteiger partial charge on any atom is 0.133 e. The summed E-state index contributed by atoms with van der Waals surface area (Å²) in [6.45, 7) is 4.03. The smallest absolute Gasteiger partial charge is 0.133 e. The summed E-state index contributed by atoms with van der Waals surface area (Å²) < 4.78 is 5.16. The second kappa shape index (κ2) is 6.18. The summed E-state index contributed by atoms with van der Waals surface area (Å²) in [4.78, 5) is 6.61. The van der Waals surface area contributed by atoms with Gasteiger partial charge in [-0.2, -0.15) is 0 Å². The van der Waals surface area contributed by atoms with E-state index in [4.69, 9.17) is 4.52 Å². The van der Waals surface area contributed by atoms with Crippen LogP contribution in [0.2, 0.25) is 0 Å². The van der Waals surface area contributed by atoms with Gasteiger partial charge >= 0.3 is 0 Å². The van der Waals surface area contributed by atoms with E-state index in [1.807, 2.05) is 25.4 Å². The molecule has 0 N–H and O–H groups in total. The number of nitrogens with zero attached hydrogens (tertiary/aromatic N) is 3. The van der Waals surface area contributed by atoms with Crippen molar-refractivity contribution in [1.29, 1.82) is 0 Å². The van der Waals surface area contributed by atoms with E-state index in [2.05, 4.69) is 27.2 Å². The molecular formula is C16H21N3O. The zero-order valence-corrected chi connectivity index (χ0v) is 12.0. The van der Waals surface area contributed by atoms with Gasteiger partial charge in [-0.05, 0) is 56.8 Å². The van der Waals surface area contributed by atoms with Crippen LogP contribution in [0, 0.1) is 6.92 Å². The van der Waals surface area contributed by atoms with E-state index in [-0.39, 0.29) is 0 Å². The van der Waals surface area contributed by atoms with E-state index in [9.17, 15) is 0 Å². The van der Waals surface area contributed by atoms with Gasteiger partial charge in [-0.1, -0.05) is 5.16 Å². The fourth-order valence-electron chi connectivity index (χ4n) is 3.01. The summed E-state index contributed by atoms with van der Waals surface area (Å²) in [5.74, 6) is 0.896. The van der Waals surface area contributed by atoms with Crippen LogP contribution < -0.4 is 0 Å². The number of hydrogen-bond acceptors (Lipinski definition) is 4. The molecule has 4 heteroatoms. The monoisotopic (exact) mass is 271 g/mol. The highest BCUT2D eigenvalue weighted by Gasteiger charge is 2.24. The Kier molecular flexibility index (Phi) is 4.11. The van der Waals surface area contributed by atoms with Gasteiger partial charge in [-0.25, -0.2) is 0 Å². The molecule has 0 saturated carbocycles. The molecule has 0 amide bonds. The maximum atomic E-state index is 5.16. The fraction of sp³-hybridized carbons (Fsp3) is 0.500. The molecule has 2 aromatic heterocycles. The van der Waals surface area contributed by atoms with Crippen molar-refractivity contribution in [1.82, 2.24) is 15.0 Å². The molecule has 1 saturated heterocycles. The first kappa shape index (κ1) is 13.3. The predicted molar refractivity (Wildman–Crippen MR) is 77.2 cm³/mol. The lowest BCUT2D eigenvalue weighted by Gasteiger charge is -2.23. The largest absolute Gasteiger partial charge is 0.361 e. The lowest BCUT2D eigenvalue weighted by atomic mass is 10.0. The van der Waals surface area contributed by atoms with Gasteiger partial charge in [0.1, 0.15) is 5.76 Å². The summed E-state index contributed by atoms with van der Waals surface area (Å²) in [7, 11) is 0. The molecule has 0 radical (unpaired) electrons. The van der Waals surface area contributed by atoms with Crippen LogP contribution in [-0.4, -0.2) is 27.6 Å². The first-order valence-electron chi connectivity index (χ1n) is 7.36. The molecule has 0 unspecified atom stereocenters. The maximum absolute atomic E-state index is 5.16. The first-order chi connectivity index (χ1) is 9.81. The number of aryl methyl sites for hydroxylation is 2. The second-order valence-corrected chi connectivity index (χ2v) is 5.59. The molecule has 2 aromatic rings. The van der Waals surface area contributed by atoms with E-state index in [1.54, 1.807) is 0 Å². The zero-order chi connectivity index (χ0) is 13.8. The third-order valence-electron chi connectivity index (χ3n) is 4.06. The molecule has 20 heavy (non-hydrogen) atoms. The van der Waals surface area contributed by atoms with Gasteiger partial charge in [-0.15, -0.1) is 0 Å². The zero-order valence-electron chi connectivity index (χ0n) is 12.0. The van der Waals surface area contributed by atoms with Gasteiger partial charge in [0.15, 0.2) is 0 Å². The van der Waals surface area contributed by atoms with Crippen LogP contribution in [-0.2, 0) is 13.0 Å². The third-order valence-corrected chi connectivity index (χ3v) is 4.06. The molecule has 0 spiro atoms. The van der Waals surface area contributed by atoms with E-state index >= 15 is 0 Å². The van der Waals surface area contributed by atoms with E-state index in [0.29, 0.717) is 6.04 Å². The predicted octanol–water partition coefficient (Wildman–Crippen LogP) is 2.98. The lowest BCUT2D eigenvalue weighted by Crippen LogP contribution is -2.29. The molecule has 4 nitrogen and oxygen atoms in total. The van der Waals surface area contributed by atoms with Gasteiger partial charge in [0.25, 0.3) is 0 Å². The minimum Gasteiger partial charge on any atom is -0.361 e. The molecule has 0 bridgehead atoms. The van der Waals surface area contributed by atoms with Crippen LogP contribution in [0.25, 0.3) is 0 Å². The number of aromatic nitrogens is 2. The normalized spacial score (nSPS) is 19.6. The van der Waals surface area contributed by atoms with Crippen molar-refractivity contribution in [3.8, 4) is 0 Å². The average Bonchev–Trinajstić information content (AvgIpc) is 3.07. The summed E-state index contributed by atoms with van der Waals surface area (Å²) in [5, 5.41) is 4.11. The van der Waals surface area contributed by atoms with E-state index < -0.39 is 0 Å².